The van der Waals surface area contributed by atoms with Gasteiger partial charge in [0.05, 0.1) is 11.0 Å². The van der Waals surface area contributed by atoms with Gasteiger partial charge in [0, 0.05) is 24.5 Å². The highest BCUT2D eigenvalue weighted by atomic mass is 16.6. The molecule has 0 radical (unpaired) electrons. The van der Waals surface area contributed by atoms with Crippen LogP contribution in [0, 0.1) is 24.0 Å². The van der Waals surface area contributed by atoms with Crippen LogP contribution < -0.4 is 5.32 Å². The molecular weight excluding hydrogens is 270 g/mol. The molecule has 0 aliphatic carbocycles. The normalized spacial score (nSPS) is 10.6. The molecule has 2 rings (SSSR count). The number of nitrogens with one attached hydrogen (secondary N) is 1. The molecule has 6 nitrogen and oxygen atoms in total. The quantitative estimate of drug-likeness (QED) is 0.502. The zero-order valence-electron chi connectivity index (χ0n) is 12.4. The Labute approximate surface area is 123 Å². The number of nitrogens with zero attached hydrogens (tertiary/aromatic N) is 2. The molecule has 21 heavy (non-hydrogen) atoms. The van der Waals surface area contributed by atoms with Gasteiger partial charge in [0.1, 0.15) is 11.4 Å². The van der Waals surface area contributed by atoms with E-state index in [1.54, 1.807) is 0 Å². The SMILES string of the molecule is CCn1c(C)cc(CNc2ccc(O)cc2[N+](=O)[O-])c1C. The van der Waals surface area contributed by atoms with Crippen molar-refractivity contribution >= 4 is 11.4 Å². The molecule has 112 valence electrons. The van der Waals surface area contributed by atoms with Crippen molar-refractivity contribution in [2.24, 2.45) is 0 Å². The molecule has 0 bridgehead atoms. The summed E-state index contributed by atoms with van der Waals surface area (Å²) in [6.45, 7) is 7.58. The molecule has 0 amide bonds. The van der Waals surface area contributed by atoms with E-state index in [1.165, 1.54) is 17.8 Å². The highest BCUT2D eigenvalue weighted by Crippen LogP contribution is 2.29. The fourth-order valence-corrected chi connectivity index (χ4v) is 2.55. The van der Waals surface area contributed by atoms with E-state index in [2.05, 4.69) is 22.9 Å². The lowest BCUT2D eigenvalue weighted by atomic mass is 10.2. The Morgan fingerprint density at radius 2 is 2.05 bits per heavy atom. The van der Waals surface area contributed by atoms with E-state index in [1.807, 2.05) is 13.8 Å². The van der Waals surface area contributed by atoms with Crippen LogP contribution in [0.2, 0.25) is 0 Å². The molecule has 6 heteroatoms. The second-order valence-electron chi connectivity index (χ2n) is 4.95. The summed E-state index contributed by atoms with van der Waals surface area (Å²) in [6.07, 6.45) is 0. The lowest BCUT2D eigenvalue weighted by Crippen LogP contribution is -2.04. The van der Waals surface area contributed by atoms with E-state index >= 15 is 0 Å². The van der Waals surface area contributed by atoms with E-state index in [-0.39, 0.29) is 11.4 Å². The molecule has 2 aromatic rings. The monoisotopic (exact) mass is 289 g/mol. The standard InChI is InChI=1S/C15H19N3O3/c1-4-17-10(2)7-12(11(17)3)9-16-14-6-5-13(19)8-15(14)18(20)21/h5-8,16,19H,4,9H2,1-3H3. The Kier molecular flexibility index (Phi) is 4.16. The first-order chi connectivity index (χ1) is 9.93. The Morgan fingerprint density at radius 3 is 2.62 bits per heavy atom. The first kappa shape index (κ1) is 14.9. The van der Waals surface area contributed by atoms with E-state index < -0.39 is 4.92 Å². The molecule has 0 unspecified atom stereocenters. The fourth-order valence-electron chi connectivity index (χ4n) is 2.55. The maximum Gasteiger partial charge on any atom is 0.296 e. The van der Waals surface area contributed by atoms with Gasteiger partial charge in [0.2, 0.25) is 0 Å². The number of hydrogen-bond donors (Lipinski definition) is 2. The van der Waals surface area contributed by atoms with Gasteiger partial charge in [-0.2, -0.15) is 0 Å². The first-order valence-corrected chi connectivity index (χ1v) is 6.81. The Balaban J connectivity index is 2.23. The largest absolute Gasteiger partial charge is 0.508 e. The summed E-state index contributed by atoms with van der Waals surface area (Å²) in [6, 6.07) is 6.19. The number of aromatic nitrogens is 1. The third-order valence-corrected chi connectivity index (χ3v) is 3.64. The maximum absolute atomic E-state index is 11.0. The molecule has 0 saturated heterocycles. The minimum atomic E-state index is -0.503. The van der Waals surface area contributed by atoms with Crippen molar-refractivity contribution in [3.8, 4) is 5.75 Å². The van der Waals surface area contributed by atoms with Crippen LogP contribution in [-0.4, -0.2) is 14.6 Å². The number of aryl methyl sites for hydroxylation is 1. The van der Waals surface area contributed by atoms with Crippen LogP contribution in [0.25, 0.3) is 0 Å². The van der Waals surface area contributed by atoms with E-state index in [0.717, 1.165) is 23.9 Å². The predicted molar refractivity (Wildman–Crippen MR) is 81.7 cm³/mol. The molecule has 0 spiro atoms. The summed E-state index contributed by atoms with van der Waals surface area (Å²) in [5, 5.41) is 23.4. The van der Waals surface area contributed by atoms with Crippen molar-refractivity contribution in [1.82, 2.24) is 4.57 Å². The van der Waals surface area contributed by atoms with Crippen molar-refractivity contribution in [1.29, 1.82) is 0 Å². The minimum Gasteiger partial charge on any atom is -0.508 e. The summed E-state index contributed by atoms with van der Waals surface area (Å²) in [4.78, 5) is 10.5. The molecule has 1 aromatic carbocycles. The van der Waals surface area contributed by atoms with Crippen LogP contribution in [0.5, 0.6) is 5.75 Å². The number of aromatic hydroxyl groups is 1. The van der Waals surface area contributed by atoms with Gasteiger partial charge < -0.3 is 15.0 Å². The van der Waals surface area contributed by atoms with Crippen LogP contribution in [-0.2, 0) is 13.1 Å². The number of nitro groups is 1. The highest BCUT2D eigenvalue weighted by molar-refractivity contribution is 5.63. The van der Waals surface area contributed by atoms with Crippen molar-refractivity contribution in [2.75, 3.05) is 5.32 Å². The van der Waals surface area contributed by atoms with Gasteiger partial charge in [-0.1, -0.05) is 0 Å². The molecule has 0 saturated carbocycles. The van der Waals surface area contributed by atoms with Crippen molar-refractivity contribution in [2.45, 2.75) is 33.9 Å². The van der Waals surface area contributed by atoms with Gasteiger partial charge in [-0.25, -0.2) is 0 Å². The van der Waals surface area contributed by atoms with Gasteiger partial charge in [0.25, 0.3) is 5.69 Å². The number of phenolic OH excluding ortho intramolecular Hbond substituents is 1. The number of nitro benzene ring substituents is 1. The molecule has 1 aromatic heterocycles. The molecule has 0 aliphatic rings. The molecule has 1 heterocycles. The average Bonchev–Trinajstić information content (AvgIpc) is 2.71. The van der Waals surface area contributed by atoms with E-state index in [4.69, 9.17) is 0 Å². The predicted octanol–water partition coefficient (Wildman–Crippen LogP) is 3.35. The highest BCUT2D eigenvalue weighted by Gasteiger charge is 2.15. The van der Waals surface area contributed by atoms with Crippen LogP contribution in [0.1, 0.15) is 23.9 Å². The summed E-state index contributed by atoms with van der Waals surface area (Å²) >= 11 is 0. The topological polar surface area (TPSA) is 80.3 Å². The molecular formula is C15H19N3O3. The molecule has 0 atom stereocenters. The third kappa shape index (κ3) is 2.99. The van der Waals surface area contributed by atoms with Crippen LogP contribution in [0.4, 0.5) is 11.4 Å². The number of anilines is 1. The maximum atomic E-state index is 11.0. The van der Waals surface area contributed by atoms with Crippen LogP contribution >= 0.6 is 0 Å². The van der Waals surface area contributed by atoms with Crippen LogP contribution in [0.15, 0.2) is 24.3 Å². The fraction of sp³-hybridized carbons (Fsp3) is 0.333. The van der Waals surface area contributed by atoms with Gasteiger partial charge >= 0.3 is 0 Å². The summed E-state index contributed by atoms with van der Waals surface area (Å²) in [5.74, 6) is -0.114. The molecule has 2 N–H and O–H groups in total. The first-order valence-electron chi connectivity index (χ1n) is 6.81. The third-order valence-electron chi connectivity index (χ3n) is 3.64. The number of phenols is 1. The zero-order valence-corrected chi connectivity index (χ0v) is 12.4. The summed E-state index contributed by atoms with van der Waals surface area (Å²) in [5.41, 5.74) is 3.71. The van der Waals surface area contributed by atoms with Crippen molar-refractivity contribution < 1.29 is 10.0 Å². The molecule has 0 fully saturated rings. The number of rotatable bonds is 5. The van der Waals surface area contributed by atoms with Crippen molar-refractivity contribution in [3.63, 3.8) is 0 Å². The van der Waals surface area contributed by atoms with Crippen LogP contribution in [0.3, 0.4) is 0 Å². The van der Waals surface area contributed by atoms with Gasteiger partial charge in [-0.05, 0) is 44.5 Å². The van der Waals surface area contributed by atoms with E-state index in [0.29, 0.717) is 12.2 Å². The average molecular weight is 289 g/mol. The minimum absolute atomic E-state index is 0.114. The second kappa shape index (κ2) is 5.87. The lowest BCUT2D eigenvalue weighted by Gasteiger charge is -2.09. The van der Waals surface area contributed by atoms with Gasteiger partial charge in [-0.3, -0.25) is 10.1 Å². The van der Waals surface area contributed by atoms with Crippen molar-refractivity contribution in [3.05, 3.63) is 51.3 Å². The zero-order chi connectivity index (χ0) is 15.6. The van der Waals surface area contributed by atoms with E-state index in [9.17, 15) is 15.2 Å². The molecule has 0 aliphatic heterocycles. The Bertz CT molecular complexity index is 677. The summed E-state index contributed by atoms with van der Waals surface area (Å²) in [7, 11) is 0. The second-order valence-corrected chi connectivity index (χ2v) is 4.95. The number of benzene rings is 1. The summed E-state index contributed by atoms with van der Waals surface area (Å²) < 4.78 is 2.20. The number of hydrogen-bond acceptors (Lipinski definition) is 4. The van der Waals surface area contributed by atoms with Gasteiger partial charge in [0.15, 0.2) is 0 Å². The Morgan fingerprint density at radius 1 is 1.33 bits per heavy atom. The Hall–Kier alpha value is -2.50. The van der Waals surface area contributed by atoms with Gasteiger partial charge in [-0.15, -0.1) is 0 Å². The smallest absolute Gasteiger partial charge is 0.296 e. The lowest BCUT2D eigenvalue weighted by molar-refractivity contribution is -0.384.